The topological polar surface area (TPSA) is 99.9 Å². The third kappa shape index (κ3) is 5.35. The average molecular weight is 350 g/mol. The normalized spacial score (nSPS) is 14.7. The lowest BCUT2D eigenvalue weighted by molar-refractivity contribution is -0.141. The Bertz CT molecular complexity index is 605. The van der Waals surface area contributed by atoms with Gasteiger partial charge in [0, 0.05) is 0 Å². The molecule has 7 heteroatoms. The van der Waals surface area contributed by atoms with Gasteiger partial charge in [-0.3, -0.25) is 9.59 Å². The Labute approximate surface area is 147 Å². The highest BCUT2D eigenvalue weighted by Gasteiger charge is 2.24. The second-order valence-corrected chi connectivity index (χ2v) is 6.06. The van der Waals surface area contributed by atoms with Gasteiger partial charge < -0.3 is 25.3 Å². The molecule has 0 bridgehead atoms. The molecule has 0 aliphatic carbocycles. The molecule has 0 unspecified atom stereocenters. The van der Waals surface area contributed by atoms with Gasteiger partial charge in [0.2, 0.25) is 12.7 Å². The van der Waals surface area contributed by atoms with Crippen molar-refractivity contribution in [3.8, 4) is 11.5 Å². The number of nitrogens with one attached hydrogen (secondary N) is 1. The first-order valence-corrected chi connectivity index (χ1v) is 8.57. The molecule has 1 heterocycles. The minimum absolute atomic E-state index is 0.0174. The number of benzene rings is 1. The van der Waals surface area contributed by atoms with Crippen molar-refractivity contribution in [2.75, 3.05) is 13.9 Å². The van der Waals surface area contributed by atoms with Crippen molar-refractivity contribution < 1.29 is 23.8 Å². The van der Waals surface area contributed by atoms with E-state index in [1.165, 1.54) is 7.11 Å². The molecule has 3 N–H and O–H groups in total. The number of amides is 1. The van der Waals surface area contributed by atoms with E-state index in [1.54, 1.807) is 18.2 Å². The summed E-state index contributed by atoms with van der Waals surface area (Å²) >= 11 is 0. The van der Waals surface area contributed by atoms with Crippen LogP contribution >= 0.6 is 0 Å². The molecule has 1 aliphatic rings. The number of carbonyl (C=O) groups excluding carboxylic acids is 2. The number of rotatable bonds is 9. The largest absolute Gasteiger partial charge is 0.469 e. The lowest BCUT2D eigenvalue weighted by Crippen LogP contribution is -2.42. The fourth-order valence-corrected chi connectivity index (χ4v) is 2.66. The fraction of sp³-hybridized carbons (Fsp3) is 0.556. The van der Waals surface area contributed by atoms with Crippen LogP contribution in [0.3, 0.4) is 0 Å². The molecule has 1 amide bonds. The number of unbranched alkanes of at least 4 members (excludes halogenated alkanes) is 2. The SMILES string of the molecule is CCCCC[C@H](N)C(=O)N[C@@H](CC(=O)OC)c1ccc2c(c1)OCO2. The summed E-state index contributed by atoms with van der Waals surface area (Å²) in [4.78, 5) is 24.1. The van der Waals surface area contributed by atoms with E-state index in [0.29, 0.717) is 17.9 Å². The molecule has 0 spiro atoms. The van der Waals surface area contributed by atoms with Crippen LogP contribution in [0.2, 0.25) is 0 Å². The number of fused-ring (bicyclic) bond motifs is 1. The highest BCUT2D eigenvalue weighted by atomic mass is 16.7. The van der Waals surface area contributed by atoms with Gasteiger partial charge in [-0.1, -0.05) is 32.3 Å². The Balaban J connectivity index is 2.07. The van der Waals surface area contributed by atoms with Crippen LogP contribution in [0.4, 0.5) is 0 Å². The number of hydrogen-bond acceptors (Lipinski definition) is 6. The zero-order valence-electron chi connectivity index (χ0n) is 14.7. The molecule has 1 aliphatic heterocycles. The van der Waals surface area contributed by atoms with E-state index in [2.05, 4.69) is 12.2 Å². The zero-order chi connectivity index (χ0) is 18.2. The maximum Gasteiger partial charge on any atom is 0.307 e. The summed E-state index contributed by atoms with van der Waals surface area (Å²) in [6, 6.07) is 4.19. The van der Waals surface area contributed by atoms with Crippen LogP contribution in [0.15, 0.2) is 18.2 Å². The van der Waals surface area contributed by atoms with E-state index >= 15 is 0 Å². The summed E-state index contributed by atoms with van der Waals surface area (Å²) < 4.78 is 15.4. The van der Waals surface area contributed by atoms with Gasteiger partial charge in [-0.25, -0.2) is 0 Å². The maximum atomic E-state index is 12.4. The average Bonchev–Trinajstić information content (AvgIpc) is 3.08. The van der Waals surface area contributed by atoms with E-state index in [0.717, 1.165) is 24.8 Å². The first-order valence-electron chi connectivity index (χ1n) is 8.57. The minimum atomic E-state index is -0.597. The second kappa shape index (κ2) is 9.27. The Morgan fingerprint density at radius 3 is 2.76 bits per heavy atom. The van der Waals surface area contributed by atoms with Crippen LogP contribution in [0.25, 0.3) is 0 Å². The Morgan fingerprint density at radius 2 is 2.04 bits per heavy atom. The summed E-state index contributed by atoms with van der Waals surface area (Å²) in [5, 5.41) is 2.86. The van der Waals surface area contributed by atoms with Gasteiger partial charge >= 0.3 is 5.97 Å². The highest BCUT2D eigenvalue weighted by molar-refractivity contribution is 5.82. The molecule has 7 nitrogen and oxygen atoms in total. The van der Waals surface area contributed by atoms with E-state index < -0.39 is 18.1 Å². The van der Waals surface area contributed by atoms with E-state index in [-0.39, 0.29) is 19.1 Å². The number of hydrogen-bond donors (Lipinski definition) is 2. The summed E-state index contributed by atoms with van der Waals surface area (Å²) in [5.74, 6) is 0.544. The summed E-state index contributed by atoms with van der Waals surface area (Å²) in [7, 11) is 1.32. The van der Waals surface area contributed by atoms with Gasteiger partial charge in [0.1, 0.15) is 0 Å². The van der Waals surface area contributed by atoms with E-state index in [9.17, 15) is 9.59 Å². The maximum absolute atomic E-state index is 12.4. The van der Waals surface area contributed by atoms with Crippen molar-refractivity contribution in [2.45, 2.75) is 51.1 Å². The zero-order valence-corrected chi connectivity index (χ0v) is 14.7. The van der Waals surface area contributed by atoms with Crippen LogP contribution in [0.5, 0.6) is 11.5 Å². The molecule has 25 heavy (non-hydrogen) atoms. The molecular weight excluding hydrogens is 324 g/mol. The van der Waals surface area contributed by atoms with Crippen molar-refractivity contribution in [3.05, 3.63) is 23.8 Å². The number of ether oxygens (including phenoxy) is 3. The molecule has 1 aromatic rings. The second-order valence-electron chi connectivity index (χ2n) is 6.06. The molecule has 2 atom stereocenters. The van der Waals surface area contributed by atoms with Gasteiger partial charge in [-0.05, 0) is 24.1 Å². The van der Waals surface area contributed by atoms with Crippen LogP contribution in [-0.4, -0.2) is 31.8 Å². The van der Waals surface area contributed by atoms with E-state index in [4.69, 9.17) is 19.9 Å². The molecule has 0 aromatic heterocycles. The van der Waals surface area contributed by atoms with Gasteiger partial charge in [-0.2, -0.15) is 0 Å². The van der Waals surface area contributed by atoms with Crippen LogP contribution in [0, 0.1) is 0 Å². The minimum Gasteiger partial charge on any atom is -0.469 e. The van der Waals surface area contributed by atoms with Gasteiger partial charge in [0.15, 0.2) is 11.5 Å². The smallest absolute Gasteiger partial charge is 0.307 e. The van der Waals surface area contributed by atoms with E-state index in [1.807, 2.05) is 0 Å². The van der Waals surface area contributed by atoms with Crippen molar-refractivity contribution in [1.82, 2.24) is 5.32 Å². The third-order valence-corrected chi connectivity index (χ3v) is 4.17. The Morgan fingerprint density at radius 1 is 1.28 bits per heavy atom. The van der Waals surface area contributed by atoms with Gasteiger partial charge in [0.05, 0.1) is 25.6 Å². The Kier molecular flexibility index (Phi) is 7.06. The van der Waals surface area contributed by atoms with Crippen molar-refractivity contribution in [3.63, 3.8) is 0 Å². The summed E-state index contributed by atoms with van der Waals surface area (Å²) in [5.41, 5.74) is 6.70. The first kappa shape index (κ1) is 19.1. The molecule has 0 fully saturated rings. The molecule has 0 radical (unpaired) electrons. The standard InChI is InChI=1S/C18H26N2O5/c1-3-4-5-6-13(19)18(22)20-14(10-17(21)23-2)12-7-8-15-16(9-12)25-11-24-15/h7-9,13-14H,3-6,10-11,19H2,1-2H3,(H,20,22)/t13-,14-/m0/s1. The predicted molar refractivity (Wildman–Crippen MR) is 92.2 cm³/mol. The lowest BCUT2D eigenvalue weighted by Gasteiger charge is -2.21. The van der Waals surface area contributed by atoms with Crippen LogP contribution < -0.4 is 20.5 Å². The predicted octanol–water partition coefficient (Wildman–Crippen LogP) is 2.04. The van der Waals surface area contributed by atoms with Crippen molar-refractivity contribution in [2.24, 2.45) is 5.73 Å². The number of esters is 1. The number of nitrogens with two attached hydrogens (primary N) is 1. The number of methoxy groups -OCH3 is 1. The Hall–Kier alpha value is -2.28. The molecule has 1 aromatic carbocycles. The number of carbonyl (C=O) groups is 2. The summed E-state index contributed by atoms with van der Waals surface area (Å²) in [6.45, 7) is 2.26. The van der Waals surface area contributed by atoms with Crippen molar-refractivity contribution >= 4 is 11.9 Å². The third-order valence-electron chi connectivity index (χ3n) is 4.17. The first-order chi connectivity index (χ1) is 12.0. The molecular formula is C18H26N2O5. The summed E-state index contributed by atoms with van der Waals surface area (Å²) in [6.07, 6.45) is 3.64. The molecule has 0 saturated heterocycles. The lowest BCUT2D eigenvalue weighted by atomic mass is 10.0. The molecule has 138 valence electrons. The molecule has 2 rings (SSSR count). The van der Waals surface area contributed by atoms with Crippen LogP contribution in [-0.2, 0) is 14.3 Å². The van der Waals surface area contributed by atoms with Crippen LogP contribution in [0.1, 0.15) is 50.6 Å². The fourth-order valence-electron chi connectivity index (χ4n) is 2.66. The molecule has 0 saturated carbocycles. The van der Waals surface area contributed by atoms with Gasteiger partial charge in [0.25, 0.3) is 0 Å². The van der Waals surface area contributed by atoms with Gasteiger partial charge in [-0.15, -0.1) is 0 Å². The quantitative estimate of drug-likeness (QED) is 0.522. The monoisotopic (exact) mass is 350 g/mol. The highest BCUT2D eigenvalue weighted by Crippen LogP contribution is 2.34. The van der Waals surface area contributed by atoms with Crippen molar-refractivity contribution in [1.29, 1.82) is 0 Å².